The van der Waals surface area contributed by atoms with Gasteiger partial charge in [0, 0.05) is 0 Å². The Morgan fingerprint density at radius 2 is 1.90 bits per heavy atom. The zero-order chi connectivity index (χ0) is 7.40. The van der Waals surface area contributed by atoms with Gasteiger partial charge in [0.2, 0.25) is 0 Å². The van der Waals surface area contributed by atoms with Crippen LogP contribution in [0.25, 0.3) is 0 Å². The van der Waals surface area contributed by atoms with Crippen LogP contribution in [0.15, 0.2) is 12.2 Å². The zero-order valence-electron chi connectivity index (χ0n) is 6.41. The first-order valence-corrected chi connectivity index (χ1v) is 4.08. The van der Waals surface area contributed by atoms with E-state index in [9.17, 15) is 4.39 Å². The van der Waals surface area contributed by atoms with E-state index in [0.717, 1.165) is 5.57 Å². The molecule has 1 rings (SSSR count). The minimum atomic E-state index is -0.315. The van der Waals surface area contributed by atoms with Crippen LogP contribution in [0.5, 0.6) is 0 Å². The van der Waals surface area contributed by atoms with Gasteiger partial charge in [-0.3, -0.25) is 0 Å². The molecule has 1 aliphatic carbocycles. The third-order valence-electron chi connectivity index (χ3n) is 2.35. The van der Waals surface area contributed by atoms with E-state index >= 15 is 0 Å². The summed E-state index contributed by atoms with van der Waals surface area (Å²) in [4.78, 5) is 0. The Bertz CT molecular complexity index is 112. The van der Waals surface area contributed by atoms with Crippen LogP contribution < -0.4 is 0 Å². The van der Waals surface area contributed by atoms with Crippen LogP contribution in [-0.4, -0.2) is 6.67 Å². The molecular weight excluding hydrogens is 127 g/mol. The van der Waals surface area contributed by atoms with Crippen molar-refractivity contribution in [3.8, 4) is 0 Å². The first-order valence-electron chi connectivity index (χ1n) is 4.08. The fraction of sp³-hybridized carbons (Fsp3) is 0.778. The first kappa shape index (κ1) is 7.77. The summed E-state index contributed by atoms with van der Waals surface area (Å²) in [5, 5.41) is 0. The highest BCUT2D eigenvalue weighted by atomic mass is 19.1. The van der Waals surface area contributed by atoms with Crippen LogP contribution in [0.3, 0.4) is 0 Å². The van der Waals surface area contributed by atoms with Crippen molar-refractivity contribution in [3.05, 3.63) is 12.2 Å². The minimum Gasteiger partial charge on any atom is -0.246 e. The van der Waals surface area contributed by atoms with Gasteiger partial charge < -0.3 is 0 Å². The molecule has 58 valence electrons. The van der Waals surface area contributed by atoms with Crippen molar-refractivity contribution in [1.82, 2.24) is 0 Å². The standard InChI is InChI=1S/C9H15F/c1-8(7-10)9-5-3-2-4-6-9/h9H,1-7H2. The number of hydrogen-bond acceptors (Lipinski definition) is 0. The van der Waals surface area contributed by atoms with Gasteiger partial charge in [-0.2, -0.15) is 0 Å². The fourth-order valence-electron chi connectivity index (χ4n) is 1.62. The molecule has 0 radical (unpaired) electrons. The van der Waals surface area contributed by atoms with E-state index in [0.29, 0.717) is 5.92 Å². The van der Waals surface area contributed by atoms with Crippen LogP contribution in [0.2, 0.25) is 0 Å². The monoisotopic (exact) mass is 142 g/mol. The number of allylic oxidation sites excluding steroid dienone is 1. The molecule has 0 atom stereocenters. The number of halogens is 1. The molecule has 0 saturated heterocycles. The Kier molecular flexibility index (Phi) is 2.91. The highest BCUT2D eigenvalue weighted by Gasteiger charge is 2.15. The number of hydrogen-bond donors (Lipinski definition) is 0. The molecule has 0 aromatic carbocycles. The van der Waals surface area contributed by atoms with Crippen molar-refractivity contribution >= 4 is 0 Å². The first-order chi connectivity index (χ1) is 4.84. The predicted molar refractivity (Wildman–Crippen MR) is 41.7 cm³/mol. The van der Waals surface area contributed by atoms with Crippen LogP contribution in [0, 0.1) is 5.92 Å². The third-order valence-corrected chi connectivity index (χ3v) is 2.35. The summed E-state index contributed by atoms with van der Waals surface area (Å²) in [6, 6.07) is 0. The summed E-state index contributed by atoms with van der Waals surface area (Å²) in [6.07, 6.45) is 6.20. The quantitative estimate of drug-likeness (QED) is 0.520. The molecule has 0 spiro atoms. The Morgan fingerprint density at radius 3 is 2.40 bits per heavy atom. The number of alkyl halides is 1. The van der Waals surface area contributed by atoms with Crippen molar-refractivity contribution in [2.75, 3.05) is 6.67 Å². The molecule has 0 unspecified atom stereocenters. The van der Waals surface area contributed by atoms with Crippen molar-refractivity contribution in [2.45, 2.75) is 32.1 Å². The van der Waals surface area contributed by atoms with Gasteiger partial charge in [0.15, 0.2) is 0 Å². The maximum absolute atomic E-state index is 12.1. The van der Waals surface area contributed by atoms with Gasteiger partial charge in [0.1, 0.15) is 6.67 Å². The molecule has 0 N–H and O–H groups in total. The molecule has 1 saturated carbocycles. The molecule has 0 nitrogen and oxygen atoms in total. The van der Waals surface area contributed by atoms with E-state index in [1.807, 2.05) is 0 Å². The van der Waals surface area contributed by atoms with E-state index in [-0.39, 0.29) is 6.67 Å². The Hall–Kier alpha value is -0.330. The molecule has 1 aliphatic rings. The molecule has 0 aromatic rings. The van der Waals surface area contributed by atoms with Crippen LogP contribution in [0.1, 0.15) is 32.1 Å². The van der Waals surface area contributed by atoms with Crippen molar-refractivity contribution in [2.24, 2.45) is 5.92 Å². The highest BCUT2D eigenvalue weighted by molar-refractivity contribution is 5.01. The van der Waals surface area contributed by atoms with Gasteiger partial charge >= 0.3 is 0 Å². The summed E-state index contributed by atoms with van der Waals surface area (Å²) < 4.78 is 12.1. The average Bonchev–Trinajstić information content (AvgIpc) is 2.05. The lowest BCUT2D eigenvalue weighted by Gasteiger charge is -2.21. The molecule has 0 aliphatic heterocycles. The molecular formula is C9H15F. The van der Waals surface area contributed by atoms with Crippen LogP contribution in [-0.2, 0) is 0 Å². The van der Waals surface area contributed by atoms with Crippen molar-refractivity contribution < 1.29 is 4.39 Å². The van der Waals surface area contributed by atoms with E-state index < -0.39 is 0 Å². The Labute approximate surface area is 62.1 Å². The normalized spacial score (nSPS) is 20.9. The Balaban J connectivity index is 2.31. The van der Waals surface area contributed by atoms with Gasteiger partial charge in [-0.25, -0.2) is 4.39 Å². The third kappa shape index (κ3) is 1.83. The molecule has 0 amide bonds. The zero-order valence-corrected chi connectivity index (χ0v) is 6.41. The molecule has 0 aromatic heterocycles. The lowest BCUT2D eigenvalue weighted by molar-refractivity contribution is 0.376. The average molecular weight is 142 g/mol. The maximum atomic E-state index is 12.1. The van der Waals surface area contributed by atoms with Crippen molar-refractivity contribution in [3.63, 3.8) is 0 Å². The largest absolute Gasteiger partial charge is 0.246 e. The van der Waals surface area contributed by atoms with E-state index in [1.54, 1.807) is 0 Å². The minimum absolute atomic E-state index is 0.315. The van der Waals surface area contributed by atoms with Gasteiger partial charge in [-0.1, -0.05) is 25.8 Å². The lowest BCUT2D eigenvalue weighted by Crippen LogP contribution is -2.09. The summed E-state index contributed by atoms with van der Waals surface area (Å²) in [5.74, 6) is 0.499. The second kappa shape index (κ2) is 3.75. The van der Waals surface area contributed by atoms with E-state index in [4.69, 9.17) is 0 Å². The molecule has 1 fully saturated rings. The maximum Gasteiger partial charge on any atom is 0.111 e. The van der Waals surface area contributed by atoms with E-state index in [2.05, 4.69) is 6.58 Å². The summed E-state index contributed by atoms with van der Waals surface area (Å²) >= 11 is 0. The summed E-state index contributed by atoms with van der Waals surface area (Å²) in [6.45, 7) is 3.41. The second-order valence-corrected chi connectivity index (χ2v) is 3.13. The van der Waals surface area contributed by atoms with Gasteiger partial charge in [0.05, 0.1) is 0 Å². The second-order valence-electron chi connectivity index (χ2n) is 3.13. The Morgan fingerprint density at radius 1 is 1.30 bits per heavy atom. The van der Waals surface area contributed by atoms with Crippen LogP contribution in [0.4, 0.5) is 4.39 Å². The molecule has 10 heavy (non-hydrogen) atoms. The molecule has 0 heterocycles. The lowest BCUT2D eigenvalue weighted by atomic mass is 9.85. The smallest absolute Gasteiger partial charge is 0.111 e. The summed E-state index contributed by atoms with van der Waals surface area (Å²) in [7, 11) is 0. The molecule has 1 heteroatoms. The summed E-state index contributed by atoms with van der Waals surface area (Å²) in [5.41, 5.74) is 0.819. The van der Waals surface area contributed by atoms with Gasteiger partial charge in [0.25, 0.3) is 0 Å². The van der Waals surface area contributed by atoms with Gasteiger partial charge in [-0.05, 0) is 24.3 Å². The van der Waals surface area contributed by atoms with Crippen LogP contribution >= 0.6 is 0 Å². The topological polar surface area (TPSA) is 0 Å². The molecule has 0 bridgehead atoms. The predicted octanol–water partition coefficient (Wildman–Crippen LogP) is 3.09. The van der Waals surface area contributed by atoms with Gasteiger partial charge in [-0.15, -0.1) is 0 Å². The fourth-order valence-corrected chi connectivity index (χ4v) is 1.62. The highest BCUT2D eigenvalue weighted by Crippen LogP contribution is 2.28. The van der Waals surface area contributed by atoms with Crippen molar-refractivity contribution in [1.29, 1.82) is 0 Å². The number of rotatable bonds is 2. The van der Waals surface area contributed by atoms with E-state index in [1.165, 1.54) is 32.1 Å². The SMILES string of the molecule is C=C(CF)C1CCCCC1.